The molecule has 0 aromatic heterocycles. The van der Waals surface area contributed by atoms with E-state index in [0.717, 1.165) is 5.92 Å². The minimum Gasteiger partial charge on any atom is -0.498 e. The maximum Gasteiger partial charge on any atom is 0.0986 e. The Morgan fingerprint density at radius 1 is 1.43 bits per heavy atom. The van der Waals surface area contributed by atoms with Crippen LogP contribution in [0.25, 0.3) is 0 Å². The van der Waals surface area contributed by atoms with E-state index in [9.17, 15) is 0 Å². The lowest BCUT2D eigenvalue weighted by atomic mass is 9.99. The van der Waals surface area contributed by atoms with Gasteiger partial charge in [-0.2, -0.15) is 11.8 Å². The highest BCUT2D eigenvalue weighted by atomic mass is 32.2. The van der Waals surface area contributed by atoms with Gasteiger partial charge in [-0.15, -0.1) is 0 Å². The van der Waals surface area contributed by atoms with Gasteiger partial charge < -0.3 is 4.74 Å². The molecule has 0 N–H and O–H groups in total. The van der Waals surface area contributed by atoms with Crippen molar-refractivity contribution >= 4 is 11.8 Å². The van der Waals surface area contributed by atoms with Gasteiger partial charge in [-0.05, 0) is 50.7 Å². The van der Waals surface area contributed by atoms with E-state index >= 15 is 0 Å². The molecule has 0 radical (unpaired) electrons. The number of allylic oxidation sites excluding steroid dienone is 1. The molecule has 0 amide bonds. The molecule has 1 aliphatic heterocycles. The Morgan fingerprint density at radius 3 is 2.93 bits per heavy atom. The zero-order valence-electron chi connectivity index (χ0n) is 9.58. The minimum atomic E-state index is 0.385. The van der Waals surface area contributed by atoms with Crippen LogP contribution in [-0.4, -0.2) is 17.6 Å². The first-order valence-electron chi connectivity index (χ1n) is 5.56. The first-order valence-corrected chi connectivity index (χ1v) is 6.72. The fourth-order valence-electron chi connectivity index (χ4n) is 1.65. The highest BCUT2D eigenvalue weighted by Crippen LogP contribution is 2.25. The Morgan fingerprint density at radius 2 is 2.21 bits per heavy atom. The molecule has 0 aliphatic carbocycles. The van der Waals surface area contributed by atoms with Crippen LogP contribution in [0.1, 0.15) is 40.0 Å². The second-order valence-corrected chi connectivity index (χ2v) is 5.52. The van der Waals surface area contributed by atoms with Gasteiger partial charge in [0.25, 0.3) is 0 Å². The fourth-order valence-corrected chi connectivity index (χ4v) is 2.97. The molecule has 1 rings (SSSR count). The van der Waals surface area contributed by atoms with E-state index in [1.54, 1.807) is 0 Å². The molecule has 0 saturated carbocycles. The fraction of sp³-hybridized carbons (Fsp3) is 0.833. The van der Waals surface area contributed by atoms with Crippen LogP contribution in [0.3, 0.4) is 0 Å². The van der Waals surface area contributed by atoms with E-state index < -0.39 is 0 Å². The van der Waals surface area contributed by atoms with Crippen molar-refractivity contribution in [1.29, 1.82) is 0 Å². The van der Waals surface area contributed by atoms with Gasteiger partial charge in [-0.1, -0.05) is 6.42 Å². The second-order valence-electron chi connectivity index (χ2n) is 4.37. The average molecular weight is 214 g/mol. The van der Waals surface area contributed by atoms with Crippen LogP contribution < -0.4 is 0 Å². The molecule has 1 saturated heterocycles. The molecular weight excluding hydrogens is 192 g/mol. The second kappa shape index (κ2) is 6.39. The van der Waals surface area contributed by atoms with Gasteiger partial charge in [0, 0.05) is 5.92 Å². The van der Waals surface area contributed by atoms with Gasteiger partial charge in [0.2, 0.25) is 0 Å². The molecular formula is C12H22OS. The molecule has 1 fully saturated rings. The quantitative estimate of drug-likeness (QED) is 0.660. The SMILES string of the molecule is CC(C)=COC(C)C1CCCCSC1. The van der Waals surface area contributed by atoms with E-state index in [1.165, 1.54) is 36.3 Å². The third-order valence-corrected chi connectivity index (χ3v) is 3.87. The summed E-state index contributed by atoms with van der Waals surface area (Å²) in [6, 6.07) is 0. The zero-order valence-corrected chi connectivity index (χ0v) is 10.4. The van der Waals surface area contributed by atoms with Crippen molar-refractivity contribution in [2.24, 2.45) is 5.92 Å². The summed E-state index contributed by atoms with van der Waals surface area (Å²) in [6.07, 6.45) is 6.39. The molecule has 0 spiro atoms. The summed E-state index contributed by atoms with van der Waals surface area (Å²) in [7, 11) is 0. The smallest absolute Gasteiger partial charge is 0.0986 e. The average Bonchev–Trinajstić information content (AvgIpc) is 2.42. The lowest BCUT2D eigenvalue weighted by Crippen LogP contribution is -2.20. The van der Waals surface area contributed by atoms with Crippen molar-refractivity contribution < 1.29 is 4.74 Å². The maximum absolute atomic E-state index is 5.72. The summed E-state index contributed by atoms with van der Waals surface area (Å²) in [6.45, 7) is 6.36. The van der Waals surface area contributed by atoms with Gasteiger partial charge >= 0.3 is 0 Å². The molecule has 1 heterocycles. The number of hydrogen-bond acceptors (Lipinski definition) is 2. The van der Waals surface area contributed by atoms with Crippen molar-refractivity contribution in [3.63, 3.8) is 0 Å². The van der Waals surface area contributed by atoms with Crippen molar-refractivity contribution in [3.05, 3.63) is 11.8 Å². The Labute approximate surface area is 92.3 Å². The first kappa shape index (κ1) is 12.0. The number of rotatable bonds is 3. The normalized spacial score (nSPS) is 24.9. The summed E-state index contributed by atoms with van der Waals surface area (Å²) in [4.78, 5) is 0. The first-order chi connectivity index (χ1) is 6.70. The highest BCUT2D eigenvalue weighted by molar-refractivity contribution is 7.99. The summed E-state index contributed by atoms with van der Waals surface area (Å²) >= 11 is 2.09. The monoisotopic (exact) mass is 214 g/mol. The van der Waals surface area contributed by atoms with Crippen molar-refractivity contribution in [1.82, 2.24) is 0 Å². The van der Waals surface area contributed by atoms with Crippen LogP contribution >= 0.6 is 11.8 Å². The standard InChI is InChI=1S/C12H22OS/c1-10(2)8-13-11(3)12-6-4-5-7-14-9-12/h8,11-12H,4-7,9H2,1-3H3. The van der Waals surface area contributed by atoms with Gasteiger partial charge in [0.1, 0.15) is 0 Å². The van der Waals surface area contributed by atoms with Gasteiger partial charge in [0.15, 0.2) is 0 Å². The van der Waals surface area contributed by atoms with Crippen LogP contribution in [0.2, 0.25) is 0 Å². The molecule has 82 valence electrons. The molecule has 0 aromatic carbocycles. The van der Waals surface area contributed by atoms with E-state index in [-0.39, 0.29) is 0 Å². The van der Waals surface area contributed by atoms with Gasteiger partial charge in [0.05, 0.1) is 12.4 Å². The van der Waals surface area contributed by atoms with Crippen LogP contribution in [0, 0.1) is 5.92 Å². The predicted molar refractivity (Wildman–Crippen MR) is 64.6 cm³/mol. The molecule has 1 aliphatic rings. The lowest BCUT2D eigenvalue weighted by molar-refractivity contribution is 0.106. The summed E-state index contributed by atoms with van der Waals surface area (Å²) in [5.74, 6) is 3.36. The number of ether oxygens (including phenoxy) is 1. The van der Waals surface area contributed by atoms with Crippen LogP contribution in [-0.2, 0) is 4.74 Å². The lowest BCUT2D eigenvalue weighted by Gasteiger charge is -2.21. The van der Waals surface area contributed by atoms with E-state index in [1.807, 2.05) is 6.26 Å². The van der Waals surface area contributed by atoms with Gasteiger partial charge in [-0.3, -0.25) is 0 Å². The van der Waals surface area contributed by atoms with Crippen molar-refractivity contribution in [2.75, 3.05) is 11.5 Å². The Kier molecular flexibility index (Phi) is 5.46. The zero-order chi connectivity index (χ0) is 10.4. The van der Waals surface area contributed by atoms with Crippen LogP contribution in [0.15, 0.2) is 11.8 Å². The molecule has 2 atom stereocenters. The van der Waals surface area contributed by atoms with Crippen LogP contribution in [0.5, 0.6) is 0 Å². The molecule has 14 heavy (non-hydrogen) atoms. The molecule has 0 bridgehead atoms. The topological polar surface area (TPSA) is 9.23 Å². The summed E-state index contributed by atoms with van der Waals surface area (Å²) in [5.41, 5.74) is 1.25. The highest BCUT2D eigenvalue weighted by Gasteiger charge is 2.19. The van der Waals surface area contributed by atoms with Crippen molar-refractivity contribution in [2.45, 2.75) is 46.1 Å². The molecule has 2 unspecified atom stereocenters. The third-order valence-electron chi connectivity index (χ3n) is 2.63. The molecule has 0 aromatic rings. The van der Waals surface area contributed by atoms with E-state index in [0.29, 0.717) is 6.10 Å². The van der Waals surface area contributed by atoms with Crippen molar-refractivity contribution in [3.8, 4) is 0 Å². The molecule has 1 nitrogen and oxygen atoms in total. The number of thioether (sulfide) groups is 1. The minimum absolute atomic E-state index is 0.385. The van der Waals surface area contributed by atoms with Gasteiger partial charge in [-0.25, -0.2) is 0 Å². The maximum atomic E-state index is 5.72. The summed E-state index contributed by atoms with van der Waals surface area (Å²) < 4.78 is 5.72. The predicted octanol–water partition coefficient (Wildman–Crippen LogP) is 3.85. The Bertz CT molecular complexity index is 177. The largest absolute Gasteiger partial charge is 0.498 e. The Hall–Kier alpha value is -0.110. The Balaban J connectivity index is 2.34. The molecule has 2 heteroatoms. The van der Waals surface area contributed by atoms with E-state index in [4.69, 9.17) is 4.74 Å². The van der Waals surface area contributed by atoms with E-state index in [2.05, 4.69) is 32.5 Å². The summed E-state index contributed by atoms with van der Waals surface area (Å²) in [5, 5.41) is 0. The van der Waals surface area contributed by atoms with Crippen LogP contribution in [0.4, 0.5) is 0 Å². The third kappa shape index (κ3) is 4.41. The number of hydrogen-bond donors (Lipinski definition) is 0.